The summed E-state index contributed by atoms with van der Waals surface area (Å²) in [6.07, 6.45) is 0.150. The molecular weight excluding hydrogens is 430 g/mol. The molecule has 1 fully saturated rings. The molecule has 0 atom stereocenters. The van der Waals surface area contributed by atoms with E-state index >= 15 is 0 Å². The number of piperazine rings is 1. The van der Waals surface area contributed by atoms with Gasteiger partial charge in [0.05, 0.1) is 17.0 Å². The fourth-order valence-electron chi connectivity index (χ4n) is 3.21. The summed E-state index contributed by atoms with van der Waals surface area (Å²) in [6.45, 7) is 5.02. The Hall–Kier alpha value is -2.01. The summed E-state index contributed by atoms with van der Waals surface area (Å²) in [5, 5.41) is 1.95. The number of thiophene rings is 2. The molecule has 1 amide bonds. The van der Waals surface area contributed by atoms with Gasteiger partial charge in [0.1, 0.15) is 9.97 Å². The highest BCUT2D eigenvalue weighted by Gasteiger charge is 2.31. The van der Waals surface area contributed by atoms with Crippen molar-refractivity contribution in [2.45, 2.75) is 24.5 Å². The molecule has 3 aromatic heterocycles. The smallest absolute Gasteiger partial charge is 0.252 e. The molecule has 0 saturated carbocycles. The lowest BCUT2D eigenvalue weighted by atomic mass is 10.2. The molecule has 0 bridgehead atoms. The predicted molar refractivity (Wildman–Crippen MR) is 113 cm³/mol. The summed E-state index contributed by atoms with van der Waals surface area (Å²) in [5.74, 6) is 1.10. The molecule has 1 saturated heterocycles. The van der Waals surface area contributed by atoms with E-state index in [1.54, 1.807) is 17.9 Å². The zero-order valence-electron chi connectivity index (χ0n) is 16.1. The van der Waals surface area contributed by atoms with Crippen LogP contribution in [0.5, 0.6) is 0 Å². The second-order valence-corrected chi connectivity index (χ2v) is 11.2. The quantitative estimate of drug-likeness (QED) is 0.595. The van der Waals surface area contributed by atoms with Crippen LogP contribution in [0.3, 0.4) is 0 Å². The van der Waals surface area contributed by atoms with Gasteiger partial charge in [-0.1, -0.05) is 6.07 Å². The van der Waals surface area contributed by atoms with E-state index in [-0.39, 0.29) is 12.3 Å². The minimum Gasteiger partial charge on any atom is -0.440 e. The van der Waals surface area contributed by atoms with Crippen molar-refractivity contribution >= 4 is 38.6 Å². The Morgan fingerprint density at radius 1 is 1.17 bits per heavy atom. The maximum Gasteiger partial charge on any atom is 0.252 e. The van der Waals surface area contributed by atoms with E-state index in [4.69, 9.17) is 4.42 Å². The molecule has 0 aliphatic carbocycles. The number of aromatic nitrogens is 1. The summed E-state index contributed by atoms with van der Waals surface area (Å²) in [7, 11) is -3.49. The molecule has 0 N–H and O–H groups in total. The van der Waals surface area contributed by atoms with Gasteiger partial charge >= 0.3 is 0 Å². The Kier molecular flexibility index (Phi) is 5.60. The molecule has 10 heteroatoms. The van der Waals surface area contributed by atoms with Gasteiger partial charge in [-0.25, -0.2) is 13.4 Å². The van der Waals surface area contributed by atoms with Crippen LogP contribution in [-0.4, -0.2) is 54.7 Å². The molecule has 1 aliphatic rings. The SMILES string of the molecule is Cc1ccc(S(=O)(=O)N2CCN(C(=O)Cc3nc(-c4cccs4)oc3C)CC2)s1. The number of rotatable bonds is 5. The van der Waals surface area contributed by atoms with Gasteiger partial charge in [0, 0.05) is 31.1 Å². The highest BCUT2D eigenvalue weighted by molar-refractivity contribution is 7.91. The molecule has 0 unspecified atom stereocenters. The normalized spacial score (nSPS) is 15.7. The van der Waals surface area contributed by atoms with Crippen LogP contribution in [0.25, 0.3) is 10.8 Å². The summed E-state index contributed by atoms with van der Waals surface area (Å²) >= 11 is 2.81. The molecule has 1 aliphatic heterocycles. The fourth-order valence-corrected chi connectivity index (χ4v) is 6.72. The molecule has 4 heterocycles. The lowest BCUT2D eigenvalue weighted by Crippen LogP contribution is -2.50. The van der Waals surface area contributed by atoms with Crippen LogP contribution >= 0.6 is 22.7 Å². The van der Waals surface area contributed by atoms with E-state index in [0.29, 0.717) is 47.7 Å². The van der Waals surface area contributed by atoms with E-state index in [1.807, 2.05) is 30.5 Å². The Balaban J connectivity index is 1.38. The first kappa shape index (κ1) is 20.3. The third-order valence-corrected chi connectivity index (χ3v) is 9.07. The minimum absolute atomic E-state index is 0.0665. The van der Waals surface area contributed by atoms with Crippen molar-refractivity contribution in [1.29, 1.82) is 0 Å². The van der Waals surface area contributed by atoms with Gasteiger partial charge in [0.2, 0.25) is 11.8 Å². The van der Waals surface area contributed by atoms with Crippen LogP contribution < -0.4 is 0 Å². The summed E-state index contributed by atoms with van der Waals surface area (Å²) in [4.78, 5) is 20.8. The highest BCUT2D eigenvalue weighted by atomic mass is 32.2. The van der Waals surface area contributed by atoms with E-state index in [2.05, 4.69) is 4.98 Å². The summed E-state index contributed by atoms with van der Waals surface area (Å²) in [5.41, 5.74) is 0.627. The van der Waals surface area contributed by atoms with Crippen molar-refractivity contribution in [3.05, 3.63) is 46.0 Å². The van der Waals surface area contributed by atoms with E-state index in [0.717, 1.165) is 9.75 Å². The second kappa shape index (κ2) is 8.02. The standard InChI is InChI=1S/C19H21N3O4S3/c1-13-5-6-18(28-13)29(24,25)22-9-7-21(8-10-22)17(23)12-15-14(2)26-19(20-15)16-4-3-11-27-16/h3-6,11H,7-10,12H2,1-2H3. The average molecular weight is 452 g/mol. The van der Waals surface area contributed by atoms with E-state index in [9.17, 15) is 13.2 Å². The van der Waals surface area contributed by atoms with Crippen LogP contribution in [0.4, 0.5) is 0 Å². The van der Waals surface area contributed by atoms with Gasteiger partial charge in [0.15, 0.2) is 0 Å². The van der Waals surface area contributed by atoms with Gasteiger partial charge < -0.3 is 9.32 Å². The van der Waals surface area contributed by atoms with Crippen LogP contribution in [0.1, 0.15) is 16.3 Å². The number of nitrogens with zero attached hydrogens (tertiary/aromatic N) is 3. The molecule has 4 rings (SSSR count). The van der Waals surface area contributed by atoms with Crippen LogP contribution in [0.15, 0.2) is 38.3 Å². The van der Waals surface area contributed by atoms with Crippen LogP contribution in [-0.2, 0) is 21.2 Å². The topological polar surface area (TPSA) is 83.7 Å². The molecule has 7 nitrogen and oxygen atoms in total. The number of carbonyl (C=O) groups is 1. The zero-order valence-corrected chi connectivity index (χ0v) is 18.6. The van der Waals surface area contributed by atoms with Crippen molar-refractivity contribution < 1.29 is 17.6 Å². The molecule has 0 radical (unpaired) electrons. The highest BCUT2D eigenvalue weighted by Crippen LogP contribution is 2.27. The Morgan fingerprint density at radius 2 is 1.93 bits per heavy atom. The molecule has 29 heavy (non-hydrogen) atoms. The monoisotopic (exact) mass is 451 g/mol. The van der Waals surface area contributed by atoms with Crippen LogP contribution in [0, 0.1) is 13.8 Å². The second-order valence-electron chi connectivity index (χ2n) is 6.83. The van der Waals surface area contributed by atoms with Crippen LogP contribution in [0.2, 0.25) is 0 Å². The third-order valence-electron chi connectivity index (χ3n) is 4.84. The van der Waals surface area contributed by atoms with Gasteiger partial charge in [0.25, 0.3) is 10.0 Å². The largest absolute Gasteiger partial charge is 0.440 e. The average Bonchev–Trinajstić information content (AvgIpc) is 3.44. The first-order chi connectivity index (χ1) is 13.8. The van der Waals surface area contributed by atoms with Gasteiger partial charge in [-0.2, -0.15) is 4.31 Å². The Morgan fingerprint density at radius 3 is 2.55 bits per heavy atom. The molecular formula is C19H21N3O4S3. The summed E-state index contributed by atoms with van der Waals surface area (Å²) in [6, 6.07) is 7.30. The maximum absolute atomic E-state index is 12.7. The van der Waals surface area contributed by atoms with Crippen molar-refractivity contribution in [3.63, 3.8) is 0 Å². The number of amides is 1. The molecule has 3 aromatic rings. The van der Waals surface area contributed by atoms with E-state index in [1.165, 1.54) is 27.0 Å². The lowest BCUT2D eigenvalue weighted by molar-refractivity contribution is -0.131. The van der Waals surface area contributed by atoms with Gasteiger partial charge in [-0.3, -0.25) is 4.79 Å². The number of hydrogen-bond donors (Lipinski definition) is 0. The molecule has 0 aromatic carbocycles. The number of carbonyl (C=O) groups excluding carboxylic acids is 1. The van der Waals surface area contributed by atoms with Crippen molar-refractivity contribution in [2.75, 3.05) is 26.2 Å². The number of hydrogen-bond acceptors (Lipinski definition) is 7. The Labute approximate surface area is 177 Å². The Bertz CT molecular complexity index is 1110. The number of sulfonamides is 1. The predicted octanol–water partition coefficient (Wildman–Crippen LogP) is 3.16. The van der Waals surface area contributed by atoms with Gasteiger partial charge in [-0.15, -0.1) is 22.7 Å². The van der Waals surface area contributed by atoms with Crippen molar-refractivity contribution in [2.24, 2.45) is 0 Å². The molecule has 154 valence electrons. The lowest BCUT2D eigenvalue weighted by Gasteiger charge is -2.33. The first-order valence-electron chi connectivity index (χ1n) is 9.19. The minimum atomic E-state index is -3.49. The number of oxazole rings is 1. The molecule has 0 spiro atoms. The van der Waals surface area contributed by atoms with Gasteiger partial charge in [-0.05, 0) is 37.4 Å². The fraction of sp³-hybridized carbons (Fsp3) is 0.368. The van der Waals surface area contributed by atoms with Crippen molar-refractivity contribution in [3.8, 4) is 10.8 Å². The maximum atomic E-state index is 12.7. The number of aryl methyl sites for hydroxylation is 2. The zero-order chi connectivity index (χ0) is 20.6. The van der Waals surface area contributed by atoms with Crippen molar-refractivity contribution in [1.82, 2.24) is 14.2 Å². The van der Waals surface area contributed by atoms with E-state index < -0.39 is 10.0 Å². The third kappa shape index (κ3) is 4.16. The first-order valence-corrected chi connectivity index (χ1v) is 12.3. The summed E-state index contributed by atoms with van der Waals surface area (Å²) < 4.78 is 33.0.